The number of rotatable bonds is 8. The van der Waals surface area contributed by atoms with Crippen LogP contribution in [0.2, 0.25) is 0 Å². The Kier molecular flexibility index (Phi) is 7.79. The van der Waals surface area contributed by atoms with E-state index < -0.39 is 12.0 Å². The highest BCUT2D eigenvalue weighted by Gasteiger charge is 2.37. The standard InChI is InChI=1S/C24H29N3O6S/c1-4-31-19-14-17(6-7-18(19)33-15-20(28)26-8-11-30-12-9-26)22-21(23(29)32-5-2)16(3)25-24-27(22)10-13-34-24/h6-7,10,13-14,22H,4-5,8-9,11-12,15H2,1-3H3/t22-/m1/s1. The van der Waals surface area contributed by atoms with Gasteiger partial charge in [0.15, 0.2) is 23.3 Å². The smallest absolute Gasteiger partial charge is 0.338 e. The third-order valence-electron chi connectivity index (χ3n) is 5.61. The summed E-state index contributed by atoms with van der Waals surface area (Å²) in [6.07, 6.45) is 1.91. The molecule has 3 aliphatic heterocycles. The second-order valence-electron chi connectivity index (χ2n) is 7.75. The van der Waals surface area contributed by atoms with Gasteiger partial charge in [0.05, 0.1) is 43.7 Å². The topological polar surface area (TPSA) is 89.9 Å². The predicted octanol–water partition coefficient (Wildman–Crippen LogP) is 3.09. The van der Waals surface area contributed by atoms with Crippen molar-refractivity contribution in [2.45, 2.75) is 26.8 Å². The fourth-order valence-electron chi connectivity index (χ4n) is 4.02. The molecule has 1 amide bonds. The van der Waals surface area contributed by atoms with Gasteiger partial charge in [0.2, 0.25) is 0 Å². The van der Waals surface area contributed by atoms with Gasteiger partial charge in [-0.25, -0.2) is 9.79 Å². The number of carbonyl (C=O) groups excluding carboxylic acids is 2. The molecule has 0 bridgehead atoms. The van der Waals surface area contributed by atoms with Crippen LogP contribution in [0.1, 0.15) is 32.4 Å². The van der Waals surface area contributed by atoms with Gasteiger partial charge >= 0.3 is 5.97 Å². The zero-order valence-electron chi connectivity index (χ0n) is 19.6. The average Bonchev–Trinajstić information content (AvgIpc) is 3.31. The highest BCUT2D eigenvalue weighted by molar-refractivity contribution is 8.16. The molecule has 0 aromatic heterocycles. The number of hydrogen-bond acceptors (Lipinski definition) is 9. The van der Waals surface area contributed by atoms with E-state index >= 15 is 0 Å². The van der Waals surface area contributed by atoms with Crippen molar-refractivity contribution in [1.29, 1.82) is 0 Å². The summed E-state index contributed by atoms with van der Waals surface area (Å²) in [6, 6.07) is 5.10. The van der Waals surface area contributed by atoms with E-state index in [0.717, 1.165) is 10.7 Å². The van der Waals surface area contributed by atoms with Gasteiger partial charge in [-0.05, 0) is 43.9 Å². The molecule has 1 saturated heterocycles. The number of ether oxygens (including phenoxy) is 4. The average molecular weight is 488 g/mol. The van der Waals surface area contributed by atoms with E-state index in [9.17, 15) is 9.59 Å². The van der Waals surface area contributed by atoms with Crippen LogP contribution in [0.25, 0.3) is 0 Å². The van der Waals surface area contributed by atoms with Crippen molar-refractivity contribution in [2.24, 2.45) is 4.99 Å². The van der Waals surface area contributed by atoms with Crippen LogP contribution in [0, 0.1) is 0 Å². The number of amidine groups is 1. The number of nitrogens with zero attached hydrogens (tertiary/aromatic N) is 3. The molecule has 1 aromatic rings. The van der Waals surface area contributed by atoms with Gasteiger partial charge in [-0.1, -0.05) is 17.8 Å². The minimum absolute atomic E-state index is 0.0851. The first kappa shape index (κ1) is 24.2. The van der Waals surface area contributed by atoms with E-state index in [1.165, 1.54) is 11.8 Å². The molecule has 0 saturated carbocycles. The van der Waals surface area contributed by atoms with Crippen molar-refractivity contribution in [3.05, 3.63) is 46.6 Å². The van der Waals surface area contributed by atoms with Crippen molar-refractivity contribution in [3.63, 3.8) is 0 Å². The molecule has 1 fully saturated rings. The quantitative estimate of drug-likeness (QED) is 0.517. The van der Waals surface area contributed by atoms with Gasteiger partial charge in [0.25, 0.3) is 5.91 Å². The molecule has 34 heavy (non-hydrogen) atoms. The number of aliphatic imine (C=N–C) groups is 1. The summed E-state index contributed by atoms with van der Waals surface area (Å²) in [5.41, 5.74) is 1.94. The number of amides is 1. The molecule has 4 rings (SSSR count). The van der Waals surface area contributed by atoms with Crippen molar-refractivity contribution in [2.75, 3.05) is 46.1 Å². The summed E-state index contributed by atoms with van der Waals surface area (Å²) >= 11 is 1.50. The maximum absolute atomic E-state index is 12.9. The fourth-order valence-corrected chi connectivity index (χ4v) is 4.82. The summed E-state index contributed by atoms with van der Waals surface area (Å²) in [6.45, 7) is 8.30. The molecule has 1 aromatic carbocycles. The molecule has 1 atom stereocenters. The number of carbonyl (C=O) groups is 2. The van der Waals surface area contributed by atoms with Crippen molar-refractivity contribution in [3.8, 4) is 11.5 Å². The minimum atomic E-state index is -0.416. The molecule has 0 N–H and O–H groups in total. The second kappa shape index (κ2) is 11.0. The summed E-state index contributed by atoms with van der Waals surface area (Å²) in [7, 11) is 0. The lowest BCUT2D eigenvalue weighted by Gasteiger charge is -2.33. The van der Waals surface area contributed by atoms with E-state index in [4.69, 9.17) is 18.9 Å². The Morgan fingerprint density at radius 2 is 1.94 bits per heavy atom. The number of thioether (sulfide) groups is 1. The maximum atomic E-state index is 12.9. The molecule has 3 heterocycles. The summed E-state index contributed by atoms with van der Waals surface area (Å²) in [5.74, 6) is 0.495. The van der Waals surface area contributed by atoms with Crippen LogP contribution in [-0.2, 0) is 19.1 Å². The summed E-state index contributed by atoms with van der Waals surface area (Å²) in [4.78, 5) is 33.7. The van der Waals surface area contributed by atoms with E-state index in [0.29, 0.717) is 55.7 Å². The lowest BCUT2D eigenvalue weighted by Crippen LogP contribution is -2.43. The van der Waals surface area contributed by atoms with Crippen molar-refractivity contribution in [1.82, 2.24) is 9.80 Å². The number of morpholine rings is 1. The van der Waals surface area contributed by atoms with E-state index in [2.05, 4.69) is 4.99 Å². The van der Waals surface area contributed by atoms with Crippen LogP contribution in [0.3, 0.4) is 0 Å². The number of fused-ring (bicyclic) bond motifs is 1. The van der Waals surface area contributed by atoms with E-state index in [1.54, 1.807) is 17.9 Å². The Hall–Kier alpha value is -2.98. The highest BCUT2D eigenvalue weighted by atomic mass is 32.2. The Morgan fingerprint density at radius 3 is 2.68 bits per heavy atom. The zero-order valence-corrected chi connectivity index (χ0v) is 20.4. The molecular weight excluding hydrogens is 458 g/mol. The molecule has 0 aliphatic carbocycles. The largest absolute Gasteiger partial charge is 0.490 e. The van der Waals surface area contributed by atoms with Crippen LogP contribution < -0.4 is 9.47 Å². The molecule has 0 unspecified atom stereocenters. The summed E-state index contributed by atoms with van der Waals surface area (Å²) in [5, 5.41) is 2.73. The molecule has 10 heteroatoms. The molecule has 3 aliphatic rings. The van der Waals surface area contributed by atoms with Crippen LogP contribution in [0.4, 0.5) is 0 Å². The van der Waals surface area contributed by atoms with Gasteiger partial charge in [0.1, 0.15) is 0 Å². The number of benzene rings is 1. The first-order valence-electron chi connectivity index (χ1n) is 11.4. The number of allylic oxidation sites excluding steroid dienone is 1. The lowest BCUT2D eigenvalue weighted by atomic mass is 9.94. The first-order chi connectivity index (χ1) is 16.5. The Labute approximate surface area is 203 Å². The van der Waals surface area contributed by atoms with Crippen molar-refractivity contribution >= 4 is 28.8 Å². The monoisotopic (exact) mass is 487 g/mol. The van der Waals surface area contributed by atoms with Gasteiger partial charge < -0.3 is 28.7 Å². The maximum Gasteiger partial charge on any atom is 0.338 e. The Morgan fingerprint density at radius 1 is 1.15 bits per heavy atom. The molecule has 0 radical (unpaired) electrons. The number of esters is 1. The van der Waals surface area contributed by atoms with Crippen LogP contribution in [0.5, 0.6) is 11.5 Å². The van der Waals surface area contributed by atoms with Crippen LogP contribution >= 0.6 is 11.8 Å². The SMILES string of the molecule is CCOC(=O)C1=C(C)N=C2SC=CN2[C@@H]1c1ccc(OCC(=O)N2CCOCC2)c(OCC)c1. The normalized spacial score (nSPS) is 19.6. The fraction of sp³-hybridized carbons (Fsp3) is 0.458. The molecule has 9 nitrogen and oxygen atoms in total. The first-order valence-corrected chi connectivity index (χ1v) is 12.2. The highest BCUT2D eigenvalue weighted by Crippen LogP contribution is 2.43. The van der Waals surface area contributed by atoms with Gasteiger partial charge in [-0.3, -0.25) is 4.79 Å². The second-order valence-corrected chi connectivity index (χ2v) is 8.62. The third kappa shape index (κ3) is 5.07. The zero-order chi connectivity index (χ0) is 24.1. The lowest BCUT2D eigenvalue weighted by molar-refractivity contribution is -0.139. The Bertz CT molecular complexity index is 1030. The van der Waals surface area contributed by atoms with E-state index in [1.807, 2.05) is 42.5 Å². The van der Waals surface area contributed by atoms with Crippen molar-refractivity contribution < 1.29 is 28.5 Å². The minimum Gasteiger partial charge on any atom is -0.490 e. The number of hydrogen-bond donors (Lipinski definition) is 0. The molecular formula is C24H29N3O6S. The van der Waals surface area contributed by atoms with Crippen LogP contribution in [-0.4, -0.2) is 73.0 Å². The third-order valence-corrected chi connectivity index (χ3v) is 6.38. The van der Waals surface area contributed by atoms with Crippen LogP contribution in [0.15, 0.2) is 46.1 Å². The molecule has 0 spiro atoms. The van der Waals surface area contributed by atoms with E-state index in [-0.39, 0.29) is 19.1 Å². The van der Waals surface area contributed by atoms with Gasteiger partial charge in [-0.2, -0.15) is 0 Å². The Balaban J connectivity index is 1.61. The molecule has 182 valence electrons. The van der Waals surface area contributed by atoms with Gasteiger partial charge in [0, 0.05) is 19.3 Å². The summed E-state index contributed by atoms with van der Waals surface area (Å²) < 4.78 is 22.4. The van der Waals surface area contributed by atoms with Gasteiger partial charge in [-0.15, -0.1) is 0 Å². The predicted molar refractivity (Wildman–Crippen MR) is 129 cm³/mol.